The fourth-order valence-corrected chi connectivity index (χ4v) is 1.45. The average Bonchev–Trinajstić information content (AvgIpc) is 2.53. The van der Waals surface area contributed by atoms with Crippen LogP contribution in [0.5, 0.6) is 0 Å². The lowest BCUT2D eigenvalue weighted by molar-refractivity contribution is 0.117. The van der Waals surface area contributed by atoms with E-state index in [4.69, 9.17) is 9.26 Å². The van der Waals surface area contributed by atoms with Crippen molar-refractivity contribution in [3.63, 3.8) is 0 Å². The molecule has 1 N–H and O–H groups in total. The molecule has 0 aliphatic rings. The highest BCUT2D eigenvalue weighted by Crippen LogP contribution is 2.13. The van der Waals surface area contributed by atoms with Crippen LogP contribution in [0.3, 0.4) is 0 Å². The largest absolute Gasteiger partial charge is 0.377 e. The molecule has 0 spiro atoms. The highest BCUT2D eigenvalue weighted by Gasteiger charge is 2.08. The van der Waals surface area contributed by atoms with E-state index in [0.29, 0.717) is 12.6 Å². The van der Waals surface area contributed by atoms with Crippen molar-refractivity contribution in [3.8, 4) is 0 Å². The predicted molar refractivity (Wildman–Crippen MR) is 63.4 cm³/mol. The molecular formula is C12H22N2O2. The topological polar surface area (TPSA) is 47.3 Å². The predicted octanol–water partition coefficient (Wildman–Crippen LogP) is 2.20. The van der Waals surface area contributed by atoms with E-state index < -0.39 is 0 Å². The van der Waals surface area contributed by atoms with Crippen LogP contribution in [0.25, 0.3) is 0 Å². The minimum atomic E-state index is 0.544. The van der Waals surface area contributed by atoms with Crippen LogP contribution in [0.4, 0.5) is 0 Å². The molecule has 1 heterocycles. The molecule has 0 unspecified atom stereocenters. The zero-order valence-corrected chi connectivity index (χ0v) is 10.7. The minimum absolute atomic E-state index is 0.544. The van der Waals surface area contributed by atoms with Gasteiger partial charge in [0.2, 0.25) is 0 Å². The summed E-state index contributed by atoms with van der Waals surface area (Å²) in [6.07, 6.45) is 1.03. The minimum Gasteiger partial charge on any atom is -0.377 e. The molecule has 0 fully saturated rings. The second-order valence-corrected chi connectivity index (χ2v) is 4.32. The van der Waals surface area contributed by atoms with Gasteiger partial charge in [0.05, 0.1) is 12.3 Å². The molecule has 0 radical (unpaired) electrons. The highest BCUT2D eigenvalue weighted by molar-refractivity contribution is 5.19. The van der Waals surface area contributed by atoms with Crippen molar-refractivity contribution in [2.24, 2.45) is 0 Å². The lowest BCUT2D eigenvalue weighted by Crippen LogP contribution is -2.24. The lowest BCUT2D eigenvalue weighted by atomic mass is 10.2. The van der Waals surface area contributed by atoms with Gasteiger partial charge in [-0.1, -0.05) is 19.0 Å². The molecule has 0 aromatic carbocycles. The van der Waals surface area contributed by atoms with Crippen LogP contribution < -0.4 is 5.32 Å². The van der Waals surface area contributed by atoms with Gasteiger partial charge < -0.3 is 14.6 Å². The summed E-state index contributed by atoms with van der Waals surface area (Å²) in [5.41, 5.74) is 2.01. The molecule has 4 heteroatoms. The second-order valence-electron chi connectivity index (χ2n) is 4.32. The first-order valence-corrected chi connectivity index (χ1v) is 5.84. The molecule has 1 aromatic heterocycles. The standard InChI is InChI=1S/C12H22N2O2/c1-9(2)13-6-5-7-15-8-12-10(3)14-16-11(12)4/h9,13H,5-8H2,1-4H3. The Bertz CT molecular complexity index is 288. The van der Waals surface area contributed by atoms with E-state index in [2.05, 4.69) is 24.3 Å². The zero-order chi connectivity index (χ0) is 12.0. The van der Waals surface area contributed by atoms with Crippen molar-refractivity contribution in [1.29, 1.82) is 0 Å². The third-order valence-electron chi connectivity index (χ3n) is 2.45. The van der Waals surface area contributed by atoms with Gasteiger partial charge in [-0.25, -0.2) is 0 Å². The van der Waals surface area contributed by atoms with Gasteiger partial charge >= 0.3 is 0 Å². The maximum atomic E-state index is 5.58. The maximum absolute atomic E-state index is 5.58. The molecule has 1 rings (SSSR count). The third-order valence-corrected chi connectivity index (χ3v) is 2.45. The Hall–Kier alpha value is -0.870. The van der Waals surface area contributed by atoms with E-state index in [9.17, 15) is 0 Å². The summed E-state index contributed by atoms with van der Waals surface area (Å²) < 4.78 is 10.6. The van der Waals surface area contributed by atoms with Gasteiger partial charge in [0.25, 0.3) is 0 Å². The number of hydrogen-bond acceptors (Lipinski definition) is 4. The number of hydrogen-bond donors (Lipinski definition) is 1. The highest BCUT2D eigenvalue weighted by atomic mass is 16.5. The first kappa shape index (κ1) is 13.2. The van der Waals surface area contributed by atoms with E-state index >= 15 is 0 Å². The number of aromatic nitrogens is 1. The molecule has 0 atom stereocenters. The van der Waals surface area contributed by atoms with Crippen LogP contribution >= 0.6 is 0 Å². The fraction of sp³-hybridized carbons (Fsp3) is 0.750. The molecule has 0 bridgehead atoms. The molecule has 0 amide bonds. The molecule has 16 heavy (non-hydrogen) atoms. The van der Waals surface area contributed by atoms with Crippen molar-refractivity contribution in [3.05, 3.63) is 17.0 Å². The van der Waals surface area contributed by atoms with E-state index in [1.807, 2.05) is 13.8 Å². The van der Waals surface area contributed by atoms with E-state index in [0.717, 1.165) is 36.6 Å². The SMILES string of the molecule is Cc1noc(C)c1COCCCNC(C)C. The van der Waals surface area contributed by atoms with Crippen molar-refractivity contribution in [1.82, 2.24) is 10.5 Å². The molecule has 0 saturated carbocycles. The summed E-state index contributed by atoms with van der Waals surface area (Å²) in [7, 11) is 0. The summed E-state index contributed by atoms with van der Waals surface area (Å²) in [4.78, 5) is 0. The molecular weight excluding hydrogens is 204 g/mol. The second kappa shape index (κ2) is 6.66. The Morgan fingerprint density at radius 1 is 1.38 bits per heavy atom. The van der Waals surface area contributed by atoms with Crippen molar-refractivity contribution in [2.75, 3.05) is 13.2 Å². The zero-order valence-electron chi connectivity index (χ0n) is 10.7. The third kappa shape index (κ3) is 4.33. The summed E-state index contributed by atoms with van der Waals surface area (Å²) in [6, 6.07) is 0.544. The Labute approximate surface area is 97.3 Å². The first-order chi connectivity index (χ1) is 7.61. The quantitative estimate of drug-likeness (QED) is 0.724. The lowest BCUT2D eigenvalue weighted by Gasteiger charge is -2.08. The summed E-state index contributed by atoms with van der Waals surface area (Å²) in [5.74, 6) is 0.859. The van der Waals surface area contributed by atoms with Crippen LogP contribution in [0.1, 0.15) is 37.3 Å². The molecule has 0 aliphatic heterocycles. The van der Waals surface area contributed by atoms with Crippen molar-refractivity contribution >= 4 is 0 Å². The van der Waals surface area contributed by atoms with Crippen LogP contribution in [0.15, 0.2) is 4.52 Å². The monoisotopic (exact) mass is 226 g/mol. The number of ether oxygens (including phenoxy) is 1. The smallest absolute Gasteiger partial charge is 0.139 e. The number of aryl methyl sites for hydroxylation is 2. The summed E-state index contributed by atoms with van der Waals surface area (Å²) >= 11 is 0. The molecule has 92 valence electrons. The first-order valence-electron chi connectivity index (χ1n) is 5.84. The number of nitrogens with one attached hydrogen (secondary N) is 1. The van der Waals surface area contributed by atoms with Gasteiger partial charge in [-0.15, -0.1) is 0 Å². The van der Waals surface area contributed by atoms with E-state index in [-0.39, 0.29) is 0 Å². The molecule has 1 aromatic rings. The van der Waals surface area contributed by atoms with Crippen molar-refractivity contribution in [2.45, 2.75) is 46.8 Å². The number of rotatable bonds is 7. The maximum Gasteiger partial charge on any atom is 0.139 e. The summed E-state index contributed by atoms with van der Waals surface area (Å²) in [5, 5.41) is 7.24. The Balaban J connectivity index is 2.12. The van der Waals surface area contributed by atoms with Gasteiger partial charge in [-0.05, 0) is 26.8 Å². The molecule has 0 saturated heterocycles. The normalized spacial score (nSPS) is 11.3. The van der Waals surface area contributed by atoms with Crippen LogP contribution in [0.2, 0.25) is 0 Å². The van der Waals surface area contributed by atoms with Gasteiger partial charge in [0.1, 0.15) is 5.76 Å². The molecule has 0 aliphatic carbocycles. The fourth-order valence-electron chi connectivity index (χ4n) is 1.45. The van der Waals surface area contributed by atoms with Crippen LogP contribution in [0, 0.1) is 13.8 Å². The average molecular weight is 226 g/mol. The van der Waals surface area contributed by atoms with Gasteiger partial charge in [-0.2, -0.15) is 0 Å². The number of nitrogens with zero attached hydrogens (tertiary/aromatic N) is 1. The Kier molecular flexibility index (Phi) is 5.49. The van der Waals surface area contributed by atoms with E-state index in [1.54, 1.807) is 0 Å². The van der Waals surface area contributed by atoms with Gasteiger partial charge in [0, 0.05) is 18.2 Å². The summed E-state index contributed by atoms with van der Waals surface area (Å²) in [6.45, 7) is 10.5. The van der Waals surface area contributed by atoms with E-state index in [1.165, 1.54) is 0 Å². The Morgan fingerprint density at radius 2 is 2.12 bits per heavy atom. The van der Waals surface area contributed by atoms with Crippen LogP contribution in [-0.4, -0.2) is 24.4 Å². The van der Waals surface area contributed by atoms with Crippen molar-refractivity contribution < 1.29 is 9.26 Å². The van der Waals surface area contributed by atoms with Crippen LogP contribution in [-0.2, 0) is 11.3 Å². The Morgan fingerprint density at radius 3 is 2.69 bits per heavy atom. The van der Waals surface area contributed by atoms with Gasteiger partial charge in [0.15, 0.2) is 0 Å². The molecule has 4 nitrogen and oxygen atoms in total. The van der Waals surface area contributed by atoms with Gasteiger partial charge in [-0.3, -0.25) is 0 Å².